The normalized spacial score (nSPS) is 14.1. The Morgan fingerprint density at radius 2 is 1.94 bits per heavy atom. The first-order valence-corrected chi connectivity index (χ1v) is 13.9. The van der Waals surface area contributed by atoms with Gasteiger partial charge in [-0.3, -0.25) is 9.69 Å². The first-order chi connectivity index (χ1) is 16.0. The molecule has 0 saturated heterocycles. The Balaban J connectivity index is 1.57. The number of hydrogen-bond donors (Lipinski definition) is 1. The first-order valence-electron chi connectivity index (χ1n) is 11.3. The Morgan fingerprint density at radius 3 is 2.73 bits per heavy atom. The second-order valence-electron chi connectivity index (χ2n) is 8.39. The van der Waals surface area contributed by atoms with Gasteiger partial charge in [0, 0.05) is 34.5 Å². The molecule has 33 heavy (non-hydrogen) atoms. The number of carbonyl (C=O) groups is 1. The highest BCUT2D eigenvalue weighted by atomic mass is 32.2. The number of rotatable bonds is 6. The average molecular weight is 494 g/mol. The SMILES string of the molecule is CCSc1ccccc1C(=O)Nc1sc2c(c1-c1nc3ccccc3s1)CCN(C(C)C)C2. The number of thiophene rings is 1. The van der Waals surface area contributed by atoms with E-state index in [1.165, 1.54) is 15.1 Å². The Hall–Kier alpha value is -2.19. The van der Waals surface area contributed by atoms with E-state index in [1.54, 1.807) is 34.4 Å². The second-order valence-corrected chi connectivity index (χ2v) is 11.8. The molecule has 1 aliphatic heterocycles. The summed E-state index contributed by atoms with van der Waals surface area (Å²) in [5, 5.41) is 5.20. The maximum atomic E-state index is 13.4. The Morgan fingerprint density at radius 1 is 1.15 bits per heavy atom. The van der Waals surface area contributed by atoms with Crippen LogP contribution in [0.15, 0.2) is 53.4 Å². The molecule has 5 rings (SSSR count). The number of aromatic nitrogens is 1. The van der Waals surface area contributed by atoms with Crippen LogP contribution in [0.25, 0.3) is 20.8 Å². The number of amides is 1. The molecule has 4 nitrogen and oxygen atoms in total. The average Bonchev–Trinajstić information content (AvgIpc) is 3.39. The highest BCUT2D eigenvalue weighted by Crippen LogP contribution is 2.46. The number of nitrogens with zero attached hydrogens (tertiary/aromatic N) is 2. The van der Waals surface area contributed by atoms with Gasteiger partial charge in [0.15, 0.2) is 0 Å². The van der Waals surface area contributed by atoms with Crippen molar-refractivity contribution in [3.8, 4) is 10.6 Å². The number of nitrogens with one attached hydrogen (secondary N) is 1. The quantitative estimate of drug-likeness (QED) is 0.290. The lowest BCUT2D eigenvalue weighted by Gasteiger charge is -2.30. The van der Waals surface area contributed by atoms with Gasteiger partial charge in [0.2, 0.25) is 0 Å². The van der Waals surface area contributed by atoms with Gasteiger partial charge in [-0.1, -0.05) is 31.2 Å². The largest absolute Gasteiger partial charge is 0.313 e. The molecule has 4 aromatic rings. The summed E-state index contributed by atoms with van der Waals surface area (Å²) in [7, 11) is 0. The van der Waals surface area contributed by atoms with Crippen LogP contribution in [0.5, 0.6) is 0 Å². The van der Waals surface area contributed by atoms with Crippen LogP contribution < -0.4 is 5.32 Å². The molecule has 0 saturated carbocycles. The number of anilines is 1. The molecule has 0 unspecified atom stereocenters. The van der Waals surface area contributed by atoms with Crippen molar-refractivity contribution in [1.29, 1.82) is 0 Å². The van der Waals surface area contributed by atoms with E-state index in [1.807, 2.05) is 30.3 Å². The standard InChI is InChI=1S/C26H27N3OS3/c1-4-31-20-11-7-5-9-18(20)24(30)28-26-23(25-27-19-10-6-8-12-21(19)32-25)17-13-14-29(16(2)3)15-22(17)33-26/h5-12,16H,4,13-15H2,1-3H3,(H,28,30). The zero-order valence-corrected chi connectivity index (χ0v) is 21.5. The number of fused-ring (bicyclic) bond motifs is 2. The van der Waals surface area contributed by atoms with E-state index < -0.39 is 0 Å². The van der Waals surface area contributed by atoms with Crippen molar-refractivity contribution in [2.75, 3.05) is 17.6 Å². The van der Waals surface area contributed by atoms with Gasteiger partial charge >= 0.3 is 0 Å². The zero-order valence-electron chi connectivity index (χ0n) is 19.1. The van der Waals surface area contributed by atoms with E-state index in [4.69, 9.17) is 4.98 Å². The third kappa shape index (κ3) is 4.47. The van der Waals surface area contributed by atoms with Crippen LogP contribution in [0.2, 0.25) is 0 Å². The van der Waals surface area contributed by atoms with Crippen molar-refractivity contribution in [3.63, 3.8) is 0 Å². The molecule has 1 N–H and O–H groups in total. The molecule has 1 aliphatic rings. The number of para-hydroxylation sites is 1. The summed E-state index contributed by atoms with van der Waals surface area (Å²) >= 11 is 5.13. The molecule has 0 spiro atoms. The fourth-order valence-corrected chi connectivity index (χ4v) is 7.44. The Kier molecular flexibility index (Phi) is 6.56. The van der Waals surface area contributed by atoms with E-state index in [-0.39, 0.29) is 5.91 Å². The fourth-order valence-electron chi connectivity index (χ4n) is 4.26. The van der Waals surface area contributed by atoms with Crippen LogP contribution in [0.1, 0.15) is 41.6 Å². The zero-order chi connectivity index (χ0) is 22.9. The van der Waals surface area contributed by atoms with Gasteiger partial charge in [-0.25, -0.2) is 4.98 Å². The van der Waals surface area contributed by atoms with Crippen molar-refractivity contribution < 1.29 is 4.79 Å². The molecule has 2 aromatic carbocycles. The van der Waals surface area contributed by atoms with Crippen LogP contribution in [-0.2, 0) is 13.0 Å². The highest BCUT2D eigenvalue weighted by molar-refractivity contribution is 7.99. The van der Waals surface area contributed by atoms with Crippen molar-refractivity contribution in [3.05, 3.63) is 64.5 Å². The predicted octanol–water partition coefficient (Wildman–Crippen LogP) is 7.16. The van der Waals surface area contributed by atoms with Gasteiger partial charge < -0.3 is 5.32 Å². The van der Waals surface area contributed by atoms with Crippen LogP contribution in [0.3, 0.4) is 0 Å². The first kappa shape index (κ1) is 22.6. The maximum Gasteiger partial charge on any atom is 0.257 e. The topological polar surface area (TPSA) is 45.2 Å². The number of carbonyl (C=O) groups excluding carboxylic acids is 1. The van der Waals surface area contributed by atoms with E-state index in [2.05, 4.69) is 49.2 Å². The van der Waals surface area contributed by atoms with Crippen LogP contribution in [0.4, 0.5) is 5.00 Å². The lowest BCUT2D eigenvalue weighted by molar-refractivity contribution is 0.102. The van der Waals surface area contributed by atoms with Crippen LogP contribution >= 0.6 is 34.4 Å². The van der Waals surface area contributed by atoms with E-state index in [0.717, 1.165) is 56.8 Å². The Bertz CT molecular complexity index is 1270. The molecule has 0 atom stereocenters. The number of hydrogen-bond acceptors (Lipinski definition) is 6. The van der Waals surface area contributed by atoms with Gasteiger partial charge in [-0.05, 0) is 55.9 Å². The maximum absolute atomic E-state index is 13.4. The highest BCUT2D eigenvalue weighted by Gasteiger charge is 2.29. The molecule has 0 aliphatic carbocycles. The van der Waals surface area contributed by atoms with E-state index in [0.29, 0.717) is 6.04 Å². The lowest BCUT2D eigenvalue weighted by atomic mass is 10.0. The fraction of sp³-hybridized carbons (Fsp3) is 0.308. The summed E-state index contributed by atoms with van der Waals surface area (Å²) in [5.74, 6) is 0.882. The summed E-state index contributed by atoms with van der Waals surface area (Å²) in [6, 6.07) is 16.6. The summed E-state index contributed by atoms with van der Waals surface area (Å²) in [4.78, 5) is 23.2. The number of thioether (sulfide) groups is 1. The van der Waals surface area contributed by atoms with Crippen molar-refractivity contribution in [2.45, 2.75) is 44.7 Å². The minimum absolute atomic E-state index is 0.0479. The van der Waals surface area contributed by atoms with Crippen molar-refractivity contribution in [1.82, 2.24) is 9.88 Å². The van der Waals surface area contributed by atoms with E-state index in [9.17, 15) is 4.79 Å². The lowest BCUT2D eigenvalue weighted by Crippen LogP contribution is -2.35. The second kappa shape index (κ2) is 9.58. The minimum atomic E-state index is -0.0479. The molecule has 3 heterocycles. The summed E-state index contributed by atoms with van der Waals surface area (Å²) < 4.78 is 1.18. The number of thiazole rings is 1. The summed E-state index contributed by atoms with van der Waals surface area (Å²) in [6.07, 6.45) is 0.980. The van der Waals surface area contributed by atoms with Gasteiger partial charge in [-0.2, -0.15) is 0 Å². The molecular weight excluding hydrogens is 467 g/mol. The predicted molar refractivity (Wildman–Crippen MR) is 143 cm³/mol. The third-order valence-electron chi connectivity index (χ3n) is 5.98. The smallest absolute Gasteiger partial charge is 0.257 e. The van der Waals surface area contributed by atoms with Crippen LogP contribution in [-0.4, -0.2) is 34.1 Å². The van der Waals surface area contributed by atoms with Gasteiger partial charge in [-0.15, -0.1) is 34.4 Å². The monoisotopic (exact) mass is 493 g/mol. The number of benzene rings is 2. The van der Waals surface area contributed by atoms with Gasteiger partial charge in [0.05, 0.1) is 15.8 Å². The van der Waals surface area contributed by atoms with Gasteiger partial charge in [0.25, 0.3) is 5.91 Å². The molecule has 170 valence electrons. The van der Waals surface area contributed by atoms with Crippen molar-refractivity contribution in [2.24, 2.45) is 0 Å². The summed E-state index contributed by atoms with van der Waals surface area (Å²) in [6.45, 7) is 8.56. The molecule has 2 aromatic heterocycles. The molecule has 0 fully saturated rings. The molecule has 1 amide bonds. The Labute approximate surface area is 207 Å². The molecular formula is C26H27N3OS3. The molecule has 7 heteroatoms. The van der Waals surface area contributed by atoms with Crippen molar-refractivity contribution >= 4 is 55.6 Å². The minimum Gasteiger partial charge on any atom is -0.313 e. The summed E-state index contributed by atoms with van der Waals surface area (Å²) in [5.41, 5.74) is 4.21. The third-order valence-corrected chi connectivity index (χ3v) is 9.12. The molecule has 0 radical (unpaired) electrons. The van der Waals surface area contributed by atoms with Gasteiger partial charge in [0.1, 0.15) is 10.0 Å². The van der Waals surface area contributed by atoms with Crippen LogP contribution in [0, 0.1) is 0 Å². The molecule has 0 bridgehead atoms. The van der Waals surface area contributed by atoms with E-state index >= 15 is 0 Å².